The van der Waals surface area contributed by atoms with Crippen LogP contribution in [0.25, 0.3) is 22.6 Å². The molecular formula is C16H16F3N5O3S. The molecule has 0 radical (unpaired) electrons. The number of hydrogen-bond donors (Lipinski definition) is 1. The van der Waals surface area contributed by atoms with E-state index >= 15 is 0 Å². The van der Waals surface area contributed by atoms with Crippen LogP contribution in [0.1, 0.15) is 12.6 Å². The molecule has 0 bridgehead atoms. The zero-order valence-electron chi connectivity index (χ0n) is 15.1. The maximum Gasteiger partial charge on any atom is 0.435 e. The third-order valence-electron chi connectivity index (χ3n) is 4.07. The summed E-state index contributed by atoms with van der Waals surface area (Å²) in [5, 5.41) is 0. The van der Waals surface area contributed by atoms with Gasteiger partial charge in [0.05, 0.1) is 5.52 Å². The first-order valence-electron chi connectivity index (χ1n) is 7.99. The molecule has 8 nitrogen and oxygen atoms in total. The molecule has 3 aromatic rings. The van der Waals surface area contributed by atoms with E-state index in [9.17, 15) is 22.5 Å². The highest BCUT2D eigenvalue weighted by molar-refractivity contribution is 7.91. The van der Waals surface area contributed by atoms with Crippen LogP contribution in [-0.2, 0) is 24.4 Å². The second-order valence-corrected chi connectivity index (χ2v) is 7.46. The smallest absolute Gasteiger partial charge is 0.435 e. The summed E-state index contributed by atoms with van der Waals surface area (Å²) in [6.45, 7) is 1.71. The number of fused-ring (bicyclic) bond motifs is 1. The molecular weight excluding hydrogens is 399 g/mol. The highest BCUT2D eigenvalue weighted by Gasteiger charge is 2.37. The van der Waals surface area contributed by atoms with Crippen LogP contribution in [0.4, 0.5) is 19.0 Å². The molecule has 12 heteroatoms. The number of nitrogen functional groups attached to an aromatic ring is 1. The van der Waals surface area contributed by atoms with Gasteiger partial charge in [-0.2, -0.15) is 13.2 Å². The van der Waals surface area contributed by atoms with Crippen LogP contribution >= 0.6 is 0 Å². The number of imidazole rings is 1. The number of nitrogens with zero attached hydrogens (tertiary/aromatic N) is 4. The Balaban J connectivity index is 2.38. The molecule has 0 aliphatic heterocycles. The Morgan fingerprint density at radius 1 is 1.32 bits per heavy atom. The van der Waals surface area contributed by atoms with E-state index in [4.69, 9.17) is 5.73 Å². The fourth-order valence-corrected chi connectivity index (χ4v) is 3.70. The van der Waals surface area contributed by atoms with Crippen molar-refractivity contribution in [2.24, 2.45) is 7.05 Å². The van der Waals surface area contributed by atoms with E-state index in [0.29, 0.717) is 11.0 Å². The first-order valence-corrected chi connectivity index (χ1v) is 9.31. The van der Waals surface area contributed by atoms with E-state index in [0.717, 1.165) is 7.11 Å². The Hall–Kier alpha value is -2.73. The van der Waals surface area contributed by atoms with Crippen LogP contribution in [-0.4, -0.2) is 36.7 Å². The molecule has 0 aliphatic carbocycles. The fourth-order valence-electron chi connectivity index (χ4n) is 2.82. The van der Waals surface area contributed by atoms with Crippen molar-refractivity contribution in [3.05, 3.63) is 34.2 Å². The minimum Gasteiger partial charge on any atom is -0.611 e. The van der Waals surface area contributed by atoms with E-state index in [2.05, 4.69) is 14.8 Å². The number of nitrogens with two attached hydrogens (primary N) is 1. The highest BCUT2D eigenvalue weighted by atomic mass is 32.2. The van der Waals surface area contributed by atoms with Gasteiger partial charge in [0.25, 0.3) is 0 Å². The number of rotatable bonds is 4. The summed E-state index contributed by atoms with van der Waals surface area (Å²) in [5.41, 5.74) is 3.22. The molecule has 0 amide bonds. The first-order chi connectivity index (χ1) is 13.1. The van der Waals surface area contributed by atoms with Crippen LogP contribution in [0, 0.1) is 0 Å². The van der Waals surface area contributed by atoms with Crippen LogP contribution in [0.2, 0.25) is 0 Å². The van der Waals surface area contributed by atoms with E-state index < -0.39 is 28.6 Å². The lowest BCUT2D eigenvalue weighted by atomic mass is 10.3. The van der Waals surface area contributed by atoms with Crippen molar-refractivity contribution in [3.8, 4) is 11.5 Å². The largest absolute Gasteiger partial charge is 0.611 e. The molecule has 0 saturated carbocycles. The van der Waals surface area contributed by atoms with Crippen LogP contribution in [0.3, 0.4) is 0 Å². The first kappa shape index (κ1) is 20.0. The number of pyridine rings is 2. The summed E-state index contributed by atoms with van der Waals surface area (Å²) in [5.74, 6) is 0.472. The highest BCUT2D eigenvalue weighted by Crippen LogP contribution is 2.32. The van der Waals surface area contributed by atoms with Gasteiger partial charge < -0.3 is 19.7 Å². The van der Waals surface area contributed by atoms with Gasteiger partial charge in [-0.25, -0.2) is 9.97 Å². The van der Waals surface area contributed by atoms with Gasteiger partial charge in [-0.05, 0) is 36.3 Å². The minimum atomic E-state index is -4.83. The quantitative estimate of drug-likeness (QED) is 0.648. The van der Waals surface area contributed by atoms with Crippen molar-refractivity contribution in [2.75, 3.05) is 18.6 Å². The SMILES string of the molecule is CC[S+]([O-])c1ccc(N)nc1-c1nc2cc(C(F)(F)F)n(OC)c(=O)c2n1C. The maximum absolute atomic E-state index is 13.3. The Labute approximate surface area is 159 Å². The molecule has 0 fully saturated rings. The van der Waals surface area contributed by atoms with E-state index in [1.165, 1.54) is 23.7 Å². The summed E-state index contributed by atoms with van der Waals surface area (Å²) in [6.07, 6.45) is -4.83. The summed E-state index contributed by atoms with van der Waals surface area (Å²) in [6, 6.07) is 3.70. The Bertz CT molecular complexity index is 1110. The van der Waals surface area contributed by atoms with Crippen molar-refractivity contribution < 1.29 is 22.6 Å². The number of alkyl halides is 3. The number of anilines is 1. The molecule has 1 unspecified atom stereocenters. The van der Waals surface area contributed by atoms with Crippen molar-refractivity contribution >= 4 is 28.0 Å². The topological polar surface area (TPSA) is 111 Å². The van der Waals surface area contributed by atoms with E-state index in [-0.39, 0.29) is 38.9 Å². The van der Waals surface area contributed by atoms with Gasteiger partial charge in [-0.15, -0.1) is 4.73 Å². The molecule has 0 aliphatic rings. The second-order valence-electron chi connectivity index (χ2n) is 5.75. The monoisotopic (exact) mass is 415 g/mol. The molecule has 3 rings (SSSR count). The lowest BCUT2D eigenvalue weighted by molar-refractivity contribution is -0.151. The van der Waals surface area contributed by atoms with Gasteiger partial charge in [0, 0.05) is 7.05 Å². The number of aromatic nitrogens is 4. The third-order valence-corrected chi connectivity index (χ3v) is 5.42. The Kier molecular flexibility index (Phi) is 5.02. The van der Waals surface area contributed by atoms with Crippen molar-refractivity contribution in [3.63, 3.8) is 0 Å². The summed E-state index contributed by atoms with van der Waals surface area (Å²) < 4.78 is 53.7. The normalized spacial score (nSPS) is 13.1. The molecule has 3 aromatic heterocycles. The summed E-state index contributed by atoms with van der Waals surface area (Å²) in [7, 11) is 2.41. The minimum absolute atomic E-state index is 0.0678. The Morgan fingerprint density at radius 2 is 2.00 bits per heavy atom. The molecule has 3 heterocycles. The molecule has 28 heavy (non-hydrogen) atoms. The van der Waals surface area contributed by atoms with Crippen LogP contribution < -0.4 is 16.1 Å². The molecule has 150 valence electrons. The zero-order valence-corrected chi connectivity index (χ0v) is 15.9. The van der Waals surface area contributed by atoms with Gasteiger partial charge in [0.1, 0.15) is 24.2 Å². The molecule has 2 N–H and O–H groups in total. The van der Waals surface area contributed by atoms with Gasteiger partial charge in [-0.1, -0.05) is 0 Å². The Morgan fingerprint density at radius 3 is 2.57 bits per heavy atom. The lowest BCUT2D eigenvalue weighted by Gasteiger charge is -2.13. The van der Waals surface area contributed by atoms with Crippen LogP contribution in [0.5, 0.6) is 0 Å². The zero-order chi connectivity index (χ0) is 20.8. The summed E-state index contributed by atoms with van der Waals surface area (Å²) in [4.78, 5) is 25.9. The van der Waals surface area contributed by atoms with E-state index in [1.807, 2.05) is 0 Å². The van der Waals surface area contributed by atoms with Gasteiger partial charge in [0.2, 0.25) is 0 Å². The maximum atomic E-state index is 13.3. The average Bonchev–Trinajstić information content (AvgIpc) is 2.97. The van der Waals surface area contributed by atoms with Gasteiger partial charge in [0.15, 0.2) is 22.1 Å². The number of hydrogen-bond acceptors (Lipinski definition) is 6. The van der Waals surface area contributed by atoms with Crippen molar-refractivity contribution in [1.29, 1.82) is 0 Å². The predicted octanol–water partition coefficient (Wildman–Crippen LogP) is 1.58. The number of aryl methyl sites for hydroxylation is 1. The van der Waals surface area contributed by atoms with E-state index in [1.54, 1.807) is 6.92 Å². The molecule has 1 atom stereocenters. The molecule has 0 aromatic carbocycles. The van der Waals surface area contributed by atoms with Gasteiger partial charge in [-0.3, -0.25) is 4.79 Å². The fraction of sp³-hybridized carbons (Fsp3) is 0.312. The average molecular weight is 415 g/mol. The number of halogens is 3. The molecule has 0 saturated heterocycles. The second kappa shape index (κ2) is 7.02. The van der Waals surface area contributed by atoms with Crippen LogP contribution in [0.15, 0.2) is 27.9 Å². The summed E-state index contributed by atoms with van der Waals surface area (Å²) >= 11 is -1.43. The third kappa shape index (κ3) is 3.18. The standard InChI is InChI=1S/C16H16F3N5O3S/c1-4-28(26)9-5-6-11(20)22-12(9)14-21-8-7-10(16(17,18)19)24(27-3)15(25)13(8)23(14)2/h5-7H,4H2,1-3H3,(H2,20,22). The van der Waals surface area contributed by atoms with Crippen molar-refractivity contribution in [1.82, 2.24) is 19.3 Å². The predicted molar refractivity (Wildman–Crippen MR) is 97.1 cm³/mol. The molecule has 0 spiro atoms. The van der Waals surface area contributed by atoms with Crippen molar-refractivity contribution in [2.45, 2.75) is 18.0 Å². The van der Waals surface area contributed by atoms with Gasteiger partial charge >= 0.3 is 11.7 Å². The lowest BCUT2D eigenvalue weighted by Crippen LogP contribution is -2.32.